The molecule has 1 amide bonds. The summed E-state index contributed by atoms with van der Waals surface area (Å²) in [5.74, 6) is 6.24. The van der Waals surface area contributed by atoms with Gasteiger partial charge in [0.25, 0.3) is 5.91 Å². The third kappa shape index (κ3) is 3.82. The van der Waals surface area contributed by atoms with Gasteiger partial charge in [-0.15, -0.1) is 0 Å². The molecule has 1 aliphatic carbocycles. The summed E-state index contributed by atoms with van der Waals surface area (Å²) < 4.78 is 0. The first-order valence-electron chi connectivity index (χ1n) is 7.06. The minimum absolute atomic E-state index is 0.0226. The van der Waals surface area contributed by atoms with Crippen molar-refractivity contribution in [3.8, 4) is 11.8 Å². The Hall–Kier alpha value is -1.86. The summed E-state index contributed by atoms with van der Waals surface area (Å²) in [6.07, 6.45) is 5.23. The lowest BCUT2D eigenvalue weighted by molar-refractivity contribution is 0.0932. The maximum absolute atomic E-state index is 12.3. The van der Waals surface area contributed by atoms with Gasteiger partial charge in [0.15, 0.2) is 0 Å². The molecule has 4 nitrogen and oxygen atoms in total. The number of aromatic nitrogens is 1. The van der Waals surface area contributed by atoms with Gasteiger partial charge in [-0.3, -0.25) is 4.79 Å². The summed E-state index contributed by atoms with van der Waals surface area (Å²) in [4.78, 5) is 16.4. The second-order valence-electron chi connectivity index (χ2n) is 5.26. The Kier molecular flexibility index (Phi) is 5.14. The average Bonchev–Trinajstić information content (AvgIpc) is 2.85. The molecule has 1 fully saturated rings. The Morgan fingerprint density at radius 3 is 3.10 bits per heavy atom. The van der Waals surface area contributed by atoms with Crippen molar-refractivity contribution in [2.24, 2.45) is 5.92 Å². The zero-order valence-corrected chi connectivity index (χ0v) is 11.7. The van der Waals surface area contributed by atoms with Crippen LogP contribution in [0, 0.1) is 17.8 Å². The minimum Gasteiger partial charge on any atom is -0.395 e. The van der Waals surface area contributed by atoms with Crippen LogP contribution in [0.15, 0.2) is 18.3 Å². The van der Waals surface area contributed by atoms with Gasteiger partial charge < -0.3 is 10.4 Å². The average molecular weight is 272 g/mol. The summed E-state index contributed by atoms with van der Waals surface area (Å²) in [7, 11) is 0. The molecule has 1 heterocycles. The van der Waals surface area contributed by atoms with Crippen molar-refractivity contribution in [1.82, 2.24) is 10.3 Å². The maximum Gasteiger partial charge on any atom is 0.271 e. The van der Waals surface area contributed by atoms with Gasteiger partial charge in [-0.2, -0.15) is 0 Å². The monoisotopic (exact) mass is 272 g/mol. The molecule has 0 aliphatic heterocycles. The molecular formula is C16H20N2O2. The van der Waals surface area contributed by atoms with Crippen LogP contribution in [0.2, 0.25) is 0 Å². The van der Waals surface area contributed by atoms with Gasteiger partial charge in [0.05, 0.1) is 12.2 Å². The first-order valence-corrected chi connectivity index (χ1v) is 7.06. The van der Waals surface area contributed by atoms with E-state index in [1.165, 1.54) is 0 Å². The third-order valence-electron chi connectivity index (χ3n) is 3.51. The van der Waals surface area contributed by atoms with Crippen molar-refractivity contribution in [1.29, 1.82) is 0 Å². The molecule has 0 saturated heterocycles. The first kappa shape index (κ1) is 14.5. The van der Waals surface area contributed by atoms with Crippen LogP contribution in [0.1, 0.15) is 48.7 Å². The Labute approximate surface area is 119 Å². The molecule has 2 N–H and O–H groups in total. The summed E-state index contributed by atoms with van der Waals surface area (Å²) in [5, 5.41) is 11.8. The van der Waals surface area contributed by atoms with Crippen molar-refractivity contribution in [3.63, 3.8) is 0 Å². The van der Waals surface area contributed by atoms with E-state index in [9.17, 15) is 4.79 Å². The summed E-state index contributed by atoms with van der Waals surface area (Å²) in [6.45, 7) is 2.23. The largest absolute Gasteiger partial charge is 0.395 e. The van der Waals surface area contributed by atoms with Gasteiger partial charge in [-0.1, -0.05) is 18.8 Å². The number of hydrogen-bond acceptors (Lipinski definition) is 3. The quantitative estimate of drug-likeness (QED) is 0.824. The third-order valence-corrected chi connectivity index (χ3v) is 3.51. The maximum atomic E-state index is 12.3. The lowest BCUT2D eigenvalue weighted by Gasteiger charge is -2.12. The number of pyridine rings is 1. The lowest BCUT2D eigenvalue weighted by atomic mass is 10.1. The lowest BCUT2D eigenvalue weighted by Crippen LogP contribution is -2.33. The summed E-state index contributed by atoms with van der Waals surface area (Å²) in [6, 6.07) is 3.79. The zero-order valence-electron chi connectivity index (χ0n) is 11.7. The molecule has 1 aliphatic rings. The number of hydrogen-bond donors (Lipinski definition) is 2. The number of carbonyl (C=O) groups excluding carboxylic acids is 1. The number of amides is 1. The SMILES string of the molecule is CC1CCC(NC(=O)c2ncccc2C#CCCO)C1. The first-order chi connectivity index (χ1) is 9.70. The predicted molar refractivity (Wildman–Crippen MR) is 77.1 cm³/mol. The van der Waals surface area contributed by atoms with Crippen LogP contribution in [-0.2, 0) is 0 Å². The standard InChI is InChI=1S/C16H20N2O2/c1-12-7-8-14(11-12)18-16(20)15-13(5-2-3-10-19)6-4-9-17-15/h4,6,9,12,14,19H,3,7-8,10-11H2,1H3,(H,18,20). The van der Waals surface area contributed by atoms with Gasteiger partial charge in [0, 0.05) is 18.7 Å². The van der Waals surface area contributed by atoms with Gasteiger partial charge in [-0.05, 0) is 37.3 Å². The zero-order chi connectivity index (χ0) is 14.4. The second kappa shape index (κ2) is 7.06. The van der Waals surface area contributed by atoms with E-state index in [0.717, 1.165) is 19.3 Å². The van der Waals surface area contributed by atoms with Crippen LogP contribution in [0.3, 0.4) is 0 Å². The predicted octanol–water partition coefficient (Wildman–Crippen LogP) is 1.73. The number of nitrogens with zero attached hydrogens (tertiary/aromatic N) is 1. The molecule has 20 heavy (non-hydrogen) atoms. The molecule has 2 atom stereocenters. The highest BCUT2D eigenvalue weighted by Gasteiger charge is 2.24. The Balaban J connectivity index is 2.08. The van der Waals surface area contributed by atoms with Crippen molar-refractivity contribution < 1.29 is 9.90 Å². The molecule has 1 saturated carbocycles. The molecule has 0 aromatic carbocycles. The van der Waals surface area contributed by atoms with Crippen molar-refractivity contribution in [2.45, 2.75) is 38.6 Å². The van der Waals surface area contributed by atoms with Gasteiger partial charge >= 0.3 is 0 Å². The normalized spacial score (nSPS) is 21.1. The minimum atomic E-state index is -0.155. The fourth-order valence-electron chi connectivity index (χ4n) is 2.49. The van der Waals surface area contributed by atoms with E-state index in [-0.39, 0.29) is 18.6 Å². The van der Waals surface area contributed by atoms with Crippen molar-refractivity contribution in [3.05, 3.63) is 29.6 Å². The number of aliphatic hydroxyl groups is 1. The summed E-state index contributed by atoms with van der Waals surface area (Å²) in [5.41, 5.74) is 0.988. The molecule has 0 spiro atoms. The second-order valence-corrected chi connectivity index (χ2v) is 5.26. The number of rotatable bonds is 3. The molecule has 106 valence electrons. The van der Waals surface area contributed by atoms with Gasteiger partial charge in [0.2, 0.25) is 0 Å². The van der Waals surface area contributed by atoms with Crippen LogP contribution in [0.4, 0.5) is 0 Å². The fourth-order valence-corrected chi connectivity index (χ4v) is 2.49. The van der Waals surface area contributed by atoms with Crippen LogP contribution < -0.4 is 5.32 Å². The smallest absolute Gasteiger partial charge is 0.271 e. The molecule has 4 heteroatoms. The van der Waals surface area contributed by atoms with E-state index in [0.29, 0.717) is 23.6 Å². The summed E-state index contributed by atoms with van der Waals surface area (Å²) >= 11 is 0. The number of aliphatic hydroxyl groups excluding tert-OH is 1. The fraction of sp³-hybridized carbons (Fsp3) is 0.500. The van der Waals surface area contributed by atoms with Gasteiger partial charge in [-0.25, -0.2) is 4.98 Å². The van der Waals surface area contributed by atoms with E-state index < -0.39 is 0 Å². The highest BCUT2D eigenvalue weighted by molar-refractivity contribution is 5.94. The van der Waals surface area contributed by atoms with Crippen LogP contribution >= 0.6 is 0 Å². The molecule has 2 unspecified atom stereocenters. The van der Waals surface area contributed by atoms with E-state index >= 15 is 0 Å². The molecular weight excluding hydrogens is 252 g/mol. The van der Waals surface area contributed by atoms with E-state index in [4.69, 9.17) is 5.11 Å². The van der Waals surface area contributed by atoms with Crippen molar-refractivity contribution >= 4 is 5.91 Å². The topological polar surface area (TPSA) is 62.2 Å². The van der Waals surface area contributed by atoms with Gasteiger partial charge in [0.1, 0.15) is 5.69 Å². The number of nitrogens with one attached hydrogen (secondary N) is 1. The molecule has 1 aromatic heterocycles. The molecule has 1 aromatic rings. The highest BCUT2D eigenvalue weighted by atomic mass is 16.2. The van der Waals surface area contributed by atoms with Crippen LogP contribution in [-0.4, -0.2) is 28.6 Å². The molecule has 0 bridgehead atoms. The van der Waals surface area contributed by atoms with E-state index in [1.807, 2.05) is 0 Å². The Morgan fingerprint density at radius 2 is 2.40 bits per heavy atom. The number of carbonyl (C=O) groups is 1. The van der Waals surface area contributed by atoms with E-state index in [1.54, 1.807) is 18.3 Å². The van der Waals surface area contributed by atoms with Crippen molar-refractivity contribution in [2.75, 3.05) is 6.61 Å². The Morgan fingerprint density at radius 1 is 1.55 bits per heavy atom. The van der Waals surface area contributed by atoms with Crippen LogP contribution in [0.25, 0.3) is 0 Å². The molecule has 0 radical (unpaired) electrons. The Bertz CT molecular complexity index is 531. The highest BCUT2D eigenvalue weighted by Crippen LogP contribution is 2.24. The van der Waals surface area contributed by atoms with E-state index in [2.05, 4.69) is 29.1 Å². The van der Waals surface area contributed by atoms with Crippen LogP contribution in [0.5, 0.6) is 0 Å². The molecule has 2 rings (SSSR count).